The van der Waals surface area contributed by atoms with E-state index in [1.54, 1.807) is 16.2 Å². The molecule has 1 amide bonds. The maximum atomic E-state index is 11.7. The van der Waals surface area contributed by atoms with Gasteiger partial charge >= 0.3 is 6.09 Å². The Morgan fingerprint density at radius 1 is 1.06 bits per heavy atom. The summed E-state index contributed by atoms with van der Waals surface area (Å²) in [7, 11) is 1.42. The number of rotatable bonds is 3. The lowest BCUT2D eigenvalue weighted by atomic mass is 9.78. The molecule has 0 aliphatic carbocycles. The quantitative estimate of drug-likeness (QED) is 0.634. The highest BCUT2D eigenvalue weighted by atomic mass is 35.5. The van der Waals surface area contributed by atoms with E-state index in [1.165, 1.54) is 7.11 Å². The van der Waals surface area contributed by atoms with Crippen LogP contribution in [-0.4, -0.2) is 59.3 Å². The van der Waals surface area contributed by atoms with Gasteiger partial charge in [0.15, 0.2) is 0 Å². The van der Waals surface area contributed by atoms with Gasteiger partial charge in [-0.3, -0.25) is 4.90 Å². The summed E-state index contributed by atoms with van der Waals surface area (Å²) in [5.74, 6) is 0.391. The topological polar surface area (TPSA) is 65.9 Å². The first-order chi connectivity index (χ1) is 14.4. The number of hydrogen-bond acceptors (Lipinski definition) is 6. The van der Waals surface area contributed by atoms with E-state index in [2.05, 4.69) is 64.0 Å². The minimum atomic E-state index is -0.257. The lowest BCUT2D eigenvalue weighted by Crippen LogP contribution is -2.48. The summed E-state index contributed by atoms with van der Waals surface area (Å²) in [5.41, 5.74) is 3.55. The second-order valence-corrected chi connectivity index (χ2v) is 11.2. The summed E-state index contributed by atoms with van der Waals surface area (Å²) in [6.45, 7) is 16.5. The van der Waals surface area contributed by atoms with Crippen LogP contribution in [0.3, 0.4) is 0 Å². The molecule has 32 heavy (non-hydrogen) atoms. The van der Waals surface area contributed by atoms with E-state index in [-0.39, 0.29) is 29.3 Å². The van der Waals surface area contributed by atoms with Gasteiger partial charge in [0.05, 0.1) is 19.3 Å². The number of thiazole rings is 1. The highest BCUT2D eigenvalue weighted by Crippen LogP contribution is 2.42. The predicted molar refractivity (Wildman–Crippen MR) is 133 cm³/mol. The Morgan fingerprint density at radius 2 is 1.59 bits per heavy atom. The third-order valence-corrected chi connectivity index (χ3v) is 6.57. The molecule has 0 spiro atoms. The van der Waals surface area contributed by atoms with Gasteiger partial charge in [-0.1, -0.05) is 41.5 Å². The average Bonchev–Trinajstić information content (AvgIpc) is 3.14. The van der Waals surface area contributed by atoms with Crippen molar-refractivity contribution in [1.82, 2.24) is 14.8 Å². The Bertz CT molecular complexity index is 904. The molecule has 2 aromatic rings. The largest absolute Gasteiger partial charge is 0.507 e. The summed E-state index contributed by atoms with van der Waals surface area (Å²) < 4.78 is 4.81. The van der Waals surface area contributed by atoms with E-state index in [1.807, 2.05) is 0 Å². The molecule has 1 aliphatic rings. The molecule has 8 heteroatoms. The Hall–Kier alpha value is -1.83. The molecule has 1 aromatic carbocycles. The number of carbonyl (C=O) groups excluding carboxylic acids is 1. The van der Waals surface area contributed by atoms with Crippen molar-refractivity contribution in [2.24, 2.45) is 0 Å². The van der Waals surface area contributed by atoms with E-state index in [0.717, 1.165) is 47.0 Å². The van der Waals surface area contributed by atoms with E-state index in [4.69, 9.17) is 9.72 Å². The molecular weight excluding hydrogens is 446 g/mol. The van der Waals surface area contributed by atoms with Crippen molar-refractivity contribution in [3.8, 4) is 17.0 Å². The Kier molecular flexibility index (Phi) is 8.24. The molecular formula is C24H36ClN3O3S. The van der Waals surface area contributed by atoms with Gasteiger partial charge in [0.1, 0.15) is 10.8 Å². The standard InChI is InChI=1S/C24H35N3O3S.ClH/c1-23(2,3)17-12-16(13-18(21(17)28)24(4,5)6)19-15-31-20(25-19)14-26-8-10-27(11-9-26)22(29)30-7;/h12-13,15,28H,8-11,14H2,1-7H3;1H. The first kappa shape index (κ1) is 26.4. The van der Waals surface area contributed by atoms with Crippen molar-refractivity contribution in [2.75, 3.05) is 33.3 Å². The van der Waals surface area contributed by atoms with E-state index >= 15 is 0 Å². The van der Waals surface area contributed by atoms with E-state index in [9.17, 15) is 9.90 Å². The zero-order valence-electron chi connectivity index (χ0n) is 20.2. The highest BCUT2D eigenvalue weighted by molar-refractivity contribution is 7.09. The van der Waals surface area contributed by atoms with Crippen molar-refractivity contribution >= 4 is 29.8 Å². The molecule has 3 rings (SSSR count). The van der Waals surface area contributed by atoms with Gasteiger partial charge in [0, 0.05) is 48.2 Å². The molecule has 0 bridgehead atoms. The summed E-state index contributed by atoms with van der Waals surface area (Å²) in [5, 5.41) is 14.1. The van der Waals surface area contributed by atoms with Gasteiger partial charge in [-0.25, -0.2) is 9.78 Å². The van der Waals surface area contributed by atoms with Crippen LogP contribution in [0.25, 0.3) is 11.3 Å². The molecule has 1 fully saturated rings. The molecule has 2 heterocycles. The average molecular weight is 482 g/mol. The van der Waals surface area contributed by atoms with Crippen LogP contribution in [0.1, 0.15) is 57.7 Å². The molecule has 0 radical (unpaired) electrons. The third kappa shape index (κ3) is 5.94. The summed E-state index contributed by atoms with van der Waals surface area (Å²) in [6, 6.07) is 4.16. The molecule has 6 nitrogen and oxygen atoms in total. The fourth-order valence-corrected chi connectivity index (χ4v) is 4.70. The normalized spacial score (nSPS) is 15.4. The Balaban J connectivity index is 0.00000363. The SMILES string of the molecule is COC(=O)N1CCN(Cc2nc(-c3cc(C(C)(C)C)c(O)c(C(C)(C)C)c3)cs2)CC1.Cl. The van der Waals surface area contributed by atoms with Crippen molar-refractivity contribution in [2.45, 2.75) is 58.9 Å². The van der Waals surface area contributed by atoms with Gasteiger partial charge in [0.2, 0.25) is 0 Å². The van der Waals surface area contributed by atoms with Gasteiger partial charge in [0.25, 0.3) is 0 Å². The number of nitrogens with zero attached hydrogens (tertiary/aromatic N) is 3. The summed E-state index contributed by atoms with van der Waals surface area (Å²) in [6.07, 6.45) is -0.257. The number of phenols is 1. The third-order valence-electron chi connectivity index (χ3n) is 5.74. The first-order valence-electron chi connectivity index (χ1n) is 10.8. The molecule has 178 valence electrons. The van der Waals surface area contributed by atoms with Crippen molar-refractivity contribution < 1.29 is 14.6 Å². The Morgan fingerprint density at radius 3 is 2.06 bits per heavy atom. The fraction of sp³-hybridized carbons (Fsp3) is 0.583. The lowest BCUT2D eigenvalue weighted by molar-refractivity contribution is 0.0889. The monoisotopic (exact) mass is 481 g/mol. The fourth-order valence-electron chi connectivity index (χ4n) is 3.85. The predicted octanol–water partition coefficient (Wildman–Crippen LogP) is 5.42. The molecule has 1 N–H and O–H groups in total. The van der Waals surface area contributed by atoms with Crippen LogP contribution in [0.2, 0.25) is 0 Å². The number of methoxy groups -OCH3 is 1. The van der Waals surface area contributed by atoms with Gasteiger partial charge < -0.3 is 14.7 Å². The van der Waals surface area contributed by atoms with Crippen molar-refractivity contribution in [3.63, 3.8) is 0 Å². The maximum Gasteiger partial charge on any atom is 0.409 e. The number of hydrogen-bond donors (Lipinski definition) is 1. The van der Waals surface area contributed by atoms with Crippen LogP contribution in [-0.2, 0) is 22.1 Å². The number of halogens is 1. The molecule has 0 saturated carbocycles. The van der Waals surface area contributed by atoms with Crippen LogP contribution in [0.4, 0.5) is 4.79 Å². The number of phenolic OH excluding ortho intramolecular Hbond substituents is 1. The van der Waals surface area contributed by atoms with Crippen LogP contribution in [0.15, 0.2) is 17.5 Å². The van der Waals surface area contributed by atoms with Crippen LogP contribution in [0.5, 0.6) is 5.75 Å². The van der Waals surface area contributed by atoms with Crippen LogP contribution >= 0.6 is 23.7 Å². The van der Waals surface area contributed by atoms with E-state index < -0.39 is 0 Å². The molecule has 0 unspecified atom stereocenters. The zero-order chi connectivity index (χ0) is 23.0. The minimum absolute atomic E-state index is 0. The molecule has 1 aromatic heterocycles. The summed E-state index contributed by atoms with van der Waals surface area (Å²) >= 11 is 1.66. The lowest BCUT2D eigenvalue weighted by Gasteiger charge is -2.33. The van der Waals surface area contributed by atoms with Gasteiger partial charge in [-0.2, -0.15) is 0 Å². The second-order valence-electron chi connectivity index (χ2n) is 10.3. The molecule has 1 saturated heterocycles. The molecule has 1 aliphatic heterocycles. The number of piperazine rings is 1. The molecule has 0 atom stereocenters. The minimum Gasteiger partial charge on any atom is -0.507 e. The summed E-state index contributed by atoms with van der Waals surface area (Å²) in [4.78, 5) is 20.6. The first-order valence-corrected chi connectivity index (χ1v) is 11.7. The Labute approximate surface area is 202 Å². The zero-order valence-corrected chi connectivity index (χ0v) is 21.8. The number of benzene rings is 1. The second kappa shape index (κ2) is 9.98. The smallest absolute Gasteiger partial charge is 0.409 e. The van der Waals surface area contributed by atoms with Crippen molar-refractivity contribution in [3.05, 3.63) is 33.6 Å². The maximum absolute atomic E-state index is 11.7. The van der Waals surface area contributed by atoms with Crippen LogP contribution in [0, 0.1) is 0 Å². The van der Waals surface area contributed by atoms with Gasteiger partial charge in [-0.15, -0.1) is 23.7 Å². The highest BCUT2D eigenvalue weighted by Gasteiger charge is 2.27. The van der Waals surface area contributed by atoms with Gasteiger partial charge in [-0.05, 0) is 23.0 Å². The van der Waals surface area contributed by atoms with Crippen molar-refractivity contribution in [1.29, 1.82) is 0 Å². The number of aromatic nitrogens is 1. The van der Waals surface area contributed by atoms with E-state index in [0.29, 0.717) is 18.8 Å². The van der Waals surface area contributed by atoms with Crippen LogP contribution < -0.4 is 0 Å². The number of aromatic hydroxyl groups is 1. The number of amides is 1. The number of ether oxygens (including phenoxy) is 1. The number of carbonyl (C=O) groups is 1.